The minimum Gasteiger partial charge on any atom is -0.456 e. The number of nitrogens with zero attached hydrogens (tertiary/aromatic N) is 1. The lowest BCUT2D eigenvalue weighted by atomic mass is 10.0. The van der Waals surface area contributed by atoms with Crippen molar-refractivity contribution in [2.24, 2.45) is 0 Å². The predicted octanol–water partition coefficient (Wildman–Crippen LogP) is 6.40. The van der Waals surface area contributed by atoms with Crippen molar-refractivity contribution >= 4 is 11.0 Å². The molecule has 0 aliphatic heterocycles. The topological polar surface area (TPSA) is 26.0 Å². The van der Waals surface area contributed by atoms with Gasteiger partial charge < -0.3 is 4.42 Å². The number of hydrogen-bond acceptors (Lipinski definition) is 2. The molecule has 0 amide bonds. The van der Waals surface area contributed by atoms with Crippen LogP contribution in [0.1, 0.15) is 22.3 Å². The summed E-state index contributed by atoms with van der Waals surface area (Å²) >= 11 is 0. The zero-order valence-corrected chi connectivity index (χ0v) is 15.1. The monoisotopic (exact) mass is 327 g/mol. The highest BCUT2D eigenvalue weighted by atomic mass is 16.3. The van der Waals surface area contributed by atoms with Crippen molar-refractivity contribution in [3.05, 3.63) is 77.0 Å². The molecule has 2 aromatic heterocycles. The Hall–Kier alpha value is -2.87. The van der Waals surface area contributed by atoms with E-state index < -0.39 is 0 Å². The second-order valence-electron chi connectivity index (χ2n) is 6.86. The molecule has 4 aromatic rings. The first-order valence-electron chi connectivity index (χ1n) is 8.56. The van der Waals surface area contributed by atoms with Crippen LogP contribution < -0.4 is 0 Å². The molecule has 0 radical (unpaired) electrons. The van der Waals surface area contributed by atoms with Crippen molar-refractivity contribution in [3.63, 3.8) is 0 Å². The van der Waals surface area contributed by atoms with Crippen molar-refractivity contribution < 1.29 is 4.42 Å². The van der Waals surface area contributed by atoms with E-state index in [9.17, 15) is 0 Å². The largest absolute Gasteiger partial charge is 0.456 e. The molecule has 0 atom stereocenters. The third-order valence-electron chi connectivity index (χ3n) is 4.65. The van der Waals surface area contributed by atoms with Gasteiger partial charge in [0.25, 0.3) is 0 Å². The number of pyridine rings is 1. The molecule has 0 spiro atoms. The van der Waals surface area contributed by atoms with Crippen LogP contribution in [0.4, 0.5) is 0 Å². The molecule has 2 heteroatoms. The van der Waals surface area contributed by atoms with E-state index in [4.69, 9.17) is 4.42 Å². The van der Waals surface area contributed by atoms with E-state index in [-0.39, 0.29) is 0 Å². The van der Waals surface area contributed by atoms with E-state index in [2.05, 4.69) is 75.1 Å². The number of fused-ring (bicyclic) bond motifs is 1. The summed E-state index contributed by atoms with van der Waals surface area (Å²) < 4.78 is 6.20. The highest BCUT2D eigenvalue weighted by molar-refractivity contribution is 5.86. The van der Waals surface area contributed by atoms with E-state index in [1.807, 2.05) is 12.3 Å². The van der Waals surface area contributed by atoms with Crippen LogP contribution in [-0.2, 0) is 0 Å². The number of rotatable bonds is 2. The van der Waals surface area contributed by atoms with Crippen LogP contribution in [0.3, 0.4) is 0 Å². The fourth-order valence-electron chi connectivity index (χ4n) is 3.54. The Morgan fingerprint density at radius 3 is 2.16 bits per heavy atom. The number of aromatic nitrogens is 1. The number of hydrogen-bond donors (Lipinski definition) is 0. The molecule has 0 N–H and O–H groups in total. The maximum atomic E-state index is 6.20. The summed E-state index contributed by atoms with van der Waals surface area (Å²) in [5, 5.41) is 1.03. The van der Waals surface area contributed by atoms with Gasteiger partial charge in [0.15, 0.2) is 0 Å². The second-order valence-corrected chi connectivity index (χ2v) is 6.86. The van der Waals surface area contributed by atoms with Crippen LogP contribution in [-0.4, -0.2) is 4.98 Å². The van der Waals surface area contributed by atoms with Gasteiger partial charge in [-0.2, -0.15) is 0 Å². The van der Waals surface area contributed by atoms with E-state index in [1.54, 1.807) is 0 Å². The van der Waals surface area contributed by atoms with Crippen molar-refractivity contribution in [3.8, 4) is 22.6 Å². The highest BCUT2D eigenvalue weighted by Crippen LogP contribution is 2.33. The average Bonchev–Trinajstić information content (AvgIpc) is 2.96. The van der Waals surface area contributed by atoms with Crippen LogP contribution in [0.15, 0.2) is 59.1 Å². The lowest BCUT2D eigenvalue weighted by molar-refractivity contribution is 0.630. The Morgan fingerprint density at radius 1 is 0.800 bits per heavy atom. The van der Waals surface area contributed by atoms with E-state index in [0.717, 1.165) is 28.0 Å². The molecule has 0 aliphatic carbocycles. The van der Waals surface area contributed by atoms with Gasteiger partial charge in [-0.05, 0) is 57.0 Å². The van der Waals surface area contributed by atoms with Crippen LogP contribution in [0.2, 0.25) is 0 Å². The van der Waals surface area contributed by atoms with Gasteiger partial charge in [-0.1, -0.05) is 35.4 Å². The Morgan fingerprint density at radius 2 is 1.48 bits per heavy atom. The normalized spacial score (nSPS) is 11.2. The first-order chi connectivity index (χ1) is 12.0. The number of furan rings is 1. The predicted molar refractivity (Wildman–Crippen MR) is 104 cm³/mol. The first-order valence-corrected chi connectivity index (χ1v) is 8.56. The van der Waals surface area contributed by atoms with Gasteiger partial charge >= 0.3 is 0 Å². The Bertz CT molecular complexity index is 1050. The van der Waals surface area contributed by atoms with Gasteiger partial charge in [-0.15, -0.1) is 0 Å². The Balaban J connectivity index is 1.85. The van der Waals surface area contributed by atoms with Crippen LogP contribution in [0, 0.1) is 27.7 Å². The van der Waals surface area contributed by atoms with Crippen LogP contribution in [0.25, 0.3) is 33.6 Å². The SMILES string of the molecule is Cc1cc(C)cc(-c2cc3oc(-c4c(C)cccc4C)cc3cn2)c1. The molecule has 2 heterocycles. The fourth-order valence-corrected chi connectivity index (χ4v) is 3.54. The van der Waals surface area contributed by atoms with Crippen molar-refractivity contribution in [2.45, 2.75) is 27.7 Å². The third kappa shape index (κ3) is 2.85. The van der Waals surface area contributed by atoms with E-state index in [0.29, 0.717) is 0 Å². The molecule has 0 aliphatic rings. The molecule has 2 nitrogen and oxygen atoms in total. The molecule has 0 fully saturated rings. The summed E-state index contributed by atoms with van der Waals surface area (Å²) in [7, 11) is 0. The maximum Gasteiger partial charge on any atom is 0.138 e. The molecule has 124 valence electrons. The van der Waals surface area contributed by atoms with Gasteiger partial charge in [0.1, 0.15) is 11.3 Å². The zero-order valence-electron chi connectivity index (χ0n) is 15.1. The van der Waals surface area contributed by atoms with Gasteiger partial charge in [0.05, 0.1) is 5.69 Å². The minimum atomic E-state index is 0.877. The van der Waals surface area contributed by atoms with Crippen molar-refractivity contribution in [1.29, 1.82) is 0 Å². The number of aryl methyl sites for hydroxylation is 4. The van der Waals surface area contributed by atoms with Crippen LogP contribution in [0.5, 0.6) is 0 Å². The summed E-state index contributed by atoms with van der Waals surface area (Å²) in [5.41, 5.74) is 9.06. The molecule has 0 saturated carbocycles. The Kier molecular flexibility index (Phi) is 3.69. The fraction of sp³-hybridized carbons (Fsp3) is 0.174. The van der Waals surface area contributed by atoms with E-state index in [1.165, 1.54) is 27.8 Å². The summed E-state index contributed by atoms with van der Waals surface area (Å²) in [6.45, 7) is 8.46. The highest BCUT2D eigenvalue weighted by Gasteiger charge is 2.12. The average molecular weight is 327 g/mol. The standard InChI is InChI=1S/C23H21NO/c1-14-8-15(2)10-18(9-14)20-12-21-19(13-24-20)11-22(25-21)23-16(3)6-5-7-17(23)4/h5-13H,1-4H3. The number of benzene rings is 2. The summed E-state index contributed by atoms with van der Waals surface area (Å²) in [4.78, 5) is 4.65. The smallest absolute Gasteiger partial charge is 0.138 e. The quantitative estimate of drug-likeness (QED) is 0.426. The van der Waals surface area contributed by atoms with Gasteiger partial charge in [-0.3, -0.25) is 4.98 Å². The molecule has 0 unspecified atom stereocenters. The molecule has 0 bridgehead atoms. The molecule has 4 rings (SSSR count). The molecular weight excluding hydrogens is 306 g/mol. The molecular formula is C23H21NO. The molecule has 0 saturated heterocycles. The summed E-state index contributed by atoms with van der Waals surface area (Å²) in [6, 6.07) is 16.9. The minimum absolute atomic E-state index is 0.877. The lowest BCUT2D eigenvalue weighted by Crippen LogP contribution is -1.85. The molecule has 2 aromatic carbocycles. The molecule has 25 heavy (non-hydrogen) atoms. The van der Waals surface area contributed by atoms with Crippen LogP contribution >= 0.6 is 0 Å². The second kappa shape index (κ2) is 5.89. The third-order valence-corrected chi connectivity index (χ3v) is 4.65. The summed E-state index contributed by atoms with van der Waals surface area (Å²) in [6.07, 6.45) is 1.91. The van der Waals surface area contributed by atoms with E-state index >= 15 is 0 Å². The van der Waals surface area contributed by atoms with Gasteiger partial charge in [0.2, 0.25) is 0 Å². The van der Waals surface area contributed by atoms with Gasteiger partial charge in [0, 0.05) is 28.8 Å². The van der Waals surface area contributed by atoms with Crippen molar-refractivity contribution in [2.75, 3.05) is 0 Å². The lowest BCUT2D eigenvalue weighted by Gasteiger charge is -2.06. The Labute approximate surface area is 148 Å². The van der Waals surface area contributed by atoms with Crippen molar-refractivity contribution in [1.82, 2.24) is 4.98 Å². The maximum absolute atomic E-state index is 6.20. The first kappa shape index (κ1) is 15.6. The summed E-state index contributed by atoms with van der Waals surface area (Å²) in [5.74, 6) is 0.907. The van der Waals surface area contributed by atoms with Gasteiger partial charge in [-0.25, -0.2) is 0 Å². The zero-order chi connectivity index (χ0) is 17.6.